The summed E-state index contributed by atoms with van der Waals surface area (Å²) in [6.45, 7) is 3.57. The molecule has 26 heavy (non-hydrogen) atoms. The van der Waals surface area contributed by atoms with Gasteiger partial charge in [-0.1, -0.05) is 60.7 Å². The Morgan fingerprint density at radius 1 is 0.615 bits per heavy atom. The van der Waals surface area contributed by atoms with Gasteiger partial charge in [0.15, 0.2) is 0 Å². The number of hydrogen-bond donors (Lipinski definition) is 0. The van der Waals surface area contributed by atoms with Crippen LogP contribution < -0.4 is 0 Å². The molecular formula is C22H28Cl2N2. The standard InChI is InChI=1S/C22H28Cl2N2/c23-25(15-19-7-3-1-4-8-19)17-21-11-13-22(14-12-21)18-26(24)16-20-9-5-2-6-10-20/h1-10,21-22H,11-18H2. The molecule has 4 heteroatoms. The highest BCUT2D eigenvalue weighted by Gasteiger charge is 2.24. The van der Waals surface area contributed by atoms with Crippen molar-refractivity contribution in [3.63, 3.8) is 0 Å². The van der Waals surface area contributed by atoms with Crippen LogP contribution in [0.25, 0.3) is 0 Å². The molecule has 0 amide bonds. The lowest BCUT2D eigenvalue weighted by atomic mass is 9.82. The van der Waals surface area contributed by atoms with Gasteiger partial charge >= 0.3 is 0 Å². The Balaban J connectivity index is 1.36. The van der Waals surface area contributed by atoms with E-state index in [9.17, 15) is 0 Å². The van der Waals surface area contributed by atoms with E-state index < -0.39 is 0 Å². The van der Waals surface area contributed by atoms with Gasteiger partial charge in [0.2, 0.25) is 0 Å². The smallest absolute Gasteiger partial charge is 0.0389 e. The van der Waals surface area contributed by atoms with E-state index in [0.29, 0.717) is 11.8 Å². The van der Waals surface area contributed by atoms with Gasteiger partial charge in [0.1, 0.15) is 0 Å². The largest absolute Gasteiger partial charge is 0.215 e. The molecule has 0 radical (unpaired) electrons. The molecule has 0 aromatic heterocycles. The summed E-state index contributed by atoms with van der Waals surface area (Å²) in [4.78, 5) is 0. The van der Waals surface area contributed by atoms with Crippen LogP contribution in [0.15, 0.2) is 60.7 Å². The topological polar surface area (TPSA) is 6.48 Å². The molecule has 2 nitrogen and oxygen atoms in total. The van der Waals surface area contributed by atoms with Crippen LogP contribution in [0.4, 0.5) is 0 Å². The van der Waals surface area contributed by atoms with Gasteiger partial charge in [0.05, 0.1) is 0 Å². The number of benzene rings is 2. The molecule has 1 aliphatic carbocycles. The van der Waals surface area contributed by atoms with Crippen molar-refractivity contribution in [3.05, 3.63) is 71.8 Å². The fourth-order valence-corrected chi connectivity index (χ4v) is 4.52. The molecule has 2 aromatic rings. The van der Waals surface area contributed by atoms with Crippen molar-refractivity contribution in [1.29, 1.82) is 0 Å². The molecule has 0 spiro atoms. The summed E-state index contributed by atoms with van der Waals surface area (Å²) in [6.07, 6.45) is 5.00. The first-order valence-corrected chi connectivity index (χ1v) is 10.3. The first-order valence-electron chi connectivity index (χ1n) is 9.58. The Morgan fingerprint density at radius 2 is 0.962 bits per heavy atom. The summed E-state index contributed by atoms with van der Waals surface area (Å²) in [6, 6.07) is 20.9. The van der Waals surface area contributed by atoms with Crippen LogP contribution in [0.2, 0.25) is 0 Å². The third kappa shape index (κ3) is 6.59. The fourth-order valence-electron chi connectivity index (χ4n) is 3.85. The zero-order valence-electron chi connectivity index (χ0n) is 15.2. The van der Waals surface area contributed by atoms with Gasteiger partial charge < -0.3 is 0 Å². The summed E-state index contributed by atoms with van der Waals surface area (Å²) in [5.74, 6) is 1.40. The van der Waals surface area contributed by atoms with Gasteiger partial charge in [0, 0.05) is 26.2 Å². The highest BCUT2D eigenvalue weighted by atomic mass is 35.5. The van der Waals surface area contributed by atoms with Crippen LogP contribution >= 0.6 is 23.6 Å². The molecule has 0 saturated heterocycles. The molecular weight excluding hydrogens is 363 g/mol. The molecule has 140 valence electrons. The van der Waals surface area contributed by atoms with Gasteiger partial charge in [-0.2, -0.15) is 0 Å². The fraction of sp³-hybridized carbons (Fsp3) is 0.455. The van der Waals surface area contributed by atoms with E-state index in [-0.39, 0.29) is 0 Å². The molecule has 1 aliphatic rings. The maximum atomic E-state index is 6.46. The summed E-state index contributed by atoms with van der Waals surface area (Å²) >= 11 is 12.9. The molecule has 0 bridgehead atoms. The average Bonchev–Trinajstić information content (AvgIpc) is 2.65. The minimum atomic E-state index is 0.699. The van der Waals surface area contributed by atoms with E-state index in [4.69, 9.17) is 23.6 Å². The molecule has 0 heterocycles. The Labute approximate surface area is 167 Å². The molecule has 0 atom stereocenters. The summed E-state index contributed by atoms with van der Waals surface area (Å²) in [5, 5.41) is 0. The monoisotopic (exact) mass is 390 g/mol. The van der Waals surface area contributed by atoms with E-state index in [1.165, 1.54) is 36.8 Å². The van der Waals surface area contributed by atoms with Gasteiger partial charge in [-0.05, 0) is 72.2 Å². The van der Waals surface area contributed by atoms with Crippen LogP contribution in [0.5, 0.6) is 0 Å². The van der Waals surface area contributed by atoms with Crippen molar-refractivity contribution in [3.8, 4) is 0 Å². The van der Waals surface area contributed by atoms with Crippen molar-refractivity contribution in [2.24, 2.45) is 11.8 Å². The third-order valence-electron chi connectivity index (χ3n) is 5.27. The first-order chi connectivity index (χ1) is 12.7. The lowest BCUT2D eigenvalue weighted by Crippen LogP contribution is -2.29. The van der Waals surface area contributed by atoms with Crippen LogP contribution in [-0.4, -0.2) is 21.9 Å². The van der Waals surface area contributed by atoms with Crippen molar-refractivity contribution in [2.75, 3.05) is 13.1 Å². The second-order valence-corrected chi connectivity index (χ2v) is 8.42. The van der Waals surface area contributed by atoms with Gasteiger partial charge in [0.25, 0.3) is 0 Å². The average molecular weight is 391 g/mol. The Bertz CT molecular complexity index is 570. The molecule has 1 saturated carbocycles. The van der Waals surface area contributed by atoms with Crippen LogP contribution in [-0.2, 0) is 13.1 Å². The van der Waals surface area contributed by atoms with E-state index in [1.807, 2.05) is 21.0 Å². The van der Waals surface area contributed by atoms with Gasteiger partial charge in [-0.25, -0.2) is 8.84 Å². The molecule has 0 unspecified atom stereocenters. The lowest BCUT2D eigenvalue weighted by Gasteiger charge is -2.31. The highest BCUT2D eigenvalue weighted by molar-refractivity contribution is 6.13. The molecule has 2 aromatic carbocycles. The lowest BCUT2D eigenvalue weighted by molar-refractivity contribution is 0.210. The van der Waals surface area contributed by atoms with Crippen molar-refractivity contribution >= 4 is 23.6 Å². The van der Waals surface area contributed by atoms with Crippen LogP contribution in [0.1, 0.15) is 36.8 Å². The number of nitrogens with zero attached hydrogens (tertiary/aromatic N) is 2. The second kappa shape index (κ2) is 10.3. The predicted molar refractivity (Wildman–Crippen MR) is 111 cm³/mol. The quantitative estimate of drug-likeness (QED) is 0.502. The Kier molecular flexibility index (Phi) is 7.82. The Morgan fingerprint density at radius 3 is 1.31 bits per heavy atom. The molecule has 0 N–H and O–H groups in total. The first kappa shape index (κ1) is 19.7. The molecule has 3 rings (SSSR count). The summed E-state index contributed by atoms with van der Waals surface area (Å²) < 4.78 is 3.90. The van der Waals surface area contributed by atoms with Gasteiger partial charge in [-0.3, -0.25) is 0 Å². The summed E-state index contributed by atoms with van der Waals surface area (Å²) in [7, 11) is 0. The Hall–Kier alpha value is -1.06. The predicted octanol–water partition coefficient (Wildman–Crippen LogP) is 6.10. The van der Waals surface area contributed by atoms with E-state index in [2.05, 4.69) is 48.5 Å². The van der Waals surface area contributed by atoms with Crippen molar-refractivity contribution in [2.45, 2.75) is 38.8 Å². The van der Waals surface area contributed by atoms with Crippen molar-refractivity contribution in [1.82, 2.24) is 8.84 Å². The minimum absolute atomic E-state index is 0.699. The van der Waals surface area contributed by atoms with E-state index in [1.54, 1.807) is 0 Å². The summed E-state index contributed by atoms with van der Waals surface area (Å²) in [5.41, 5.74) is 2.55. The second-order valence-electron chi connectivity index (χ2n) is 7.46. The zero-order valence-corrected chi connectivity index (χ0v) is 16.7. The molecule has 1 fully saturated rings. The van der Waals surface area contributed by atoms with Crippen molar-refractivity contribution < 1.29 is 0 Å². The maximum Gasteiger partial charge on any atom is 0.0389 e. The zero-order chi connectivity index (χ0) is 18.2. The number of hydrogen-bond acceptors (Lipinski definition) is 2. The van der Waals surface area contributed by atoms with E-state index >= 15 is 0 Å². The van der Waals surface area contributed by atoms with Crippen LogP contribution in [0, 0.1) is 11.8 Å². The normalized spacial score (nSPS) is 20.6. The van der Waals surface area contributed by atoms with E-state index in [0.717, 1.165) is 26.2 Å². The number of halogens is 2. The SMILES string of the molecule is ClN(Cc1ccccc1)CC1CCC(CN(Cl)Cc2ccccc2)CC1. The van der Waals surface area contributed by atoms with Crippen LogP contribution in [0.3, 0.4) is 0 Å². The third-order valence-corrected chi connectivity index (χ3v) is 5.79. The number of rotatable bonds is 8. The maximum absolute atomic E-state index is 6.46. The minimum Gasteiger partial charge on any atom is -0.215 e. The van der Waals surface area contributed by atoms with Gasteiger partial charge in [-0.15, -0.1) is 0 Å². The molecule has 0 aliphatic heterocycles. The highest BCUT2D eigenvalue weighted by Crippen LogP contribution is 2.31.